The molecule has 0 N–H and O–H groups in total. The largest absolute Gasteiger partial charge is 0.496 e. The Morgan fingerprint density at radius 3 is 1.62 bits per heavy atom. The van der Waals surface area contributed by atoms with Crippen molar-refractivity contribution in [1.29, 1.82) is 0 Å². The van der Waals surface area contributed by atoms with Gasteiger partial charge in [0.25, 0.3) is 0 Å². The topological polar surface area (TPSA) is 57.1 Å². The van der Waals surface area contributed by atoms with Gasteiger partial charge in [0.15, 0.2) is 17.5 Å². The monoisotopic (exact) mass is 523 g/mol. The SMILES string of the molecule is CCCCCCCCCCCCOc1ccc(-c2nc(-c3ccccc3)nc(-c3ccccc3)n2)c(OC)c1. The second-order valence-electron chi connectivity index (χ2n) is 9.93. The van der Waals surface area contributed by atoms with Gasteiger partial charge in [0, 0.05) is 17.2 Å². The molecule has 1 heterocycles. The van der Waals surface area contributed by atoms with Gasteiger partial charge < -0.3 is 9.47 Å². The summed E-state index contributed by atoms with van der Waals surface area (Å²) in [5.41, 5.74) is 2.68. The molecular weight excluding hydrogens is 482 g/mol. The van der Waals surface area contributed by atoms with Crippen molar-refractivity contribution < 1.29 is 9.47 Å². The van der Waals surface area contributed by atoms with Crippen LogP contribution in [0.2, 0.25) is 0 Å². The Bertz CT molecular complexity index is 1200. The van der Waals surface area contributed by atoms with Crippen molar-refractivity contribution in [2.45, 2.75) is 71.1 Å². The minimum absolute atomic E-state index is 0.570. The van der Waals surface area contributed by atoms with Crippen LogP contribution < -0.4 is 9.47 Å². The first-order valence-electron chi connectivity index (χ1n) is 14.5. The summed E-state index contributed by atoms with van der Waals surface area (Å²) in [5.74, 6) is 3.30. The van der Waals surface area contributed by atoms with Gasteiger partial charge in [-0.2, -0.15) is 0 Å². The van der Waals surface area contributed by atoms with Gasteiger partial charge in [-0.1, -0.05) is 125 Å². The van der Waals surface area contributed by atoms with Crippen molar-refractivity contribution >= 4 is 0 Å². The Balaban J connectivity index is 1.41. The van der Waals surface area contributed by atoms with Gasteiger partial charge in [-0.05, 0) is 18.6 Å². The molecule has 0 bridgehead atoms. The molecule has 0 aliphatic heterocycles. The summed E-state index contributed by atoms with van der Waals surface area (Å²) in [6.45, 7) is 2.98. The molecule has 0 saturated carbocycles. The Kier molecular flexibility index (Phi) is 11.3. The molecule has 0 radical (unpaired) electrons. The summed E-state index contributed by atoms with van der Waals surface area (Å²) in [4.78, 5) is 14.4. The fraction of sp³-hybridized carbons (Fsp3) is 0.382. The molecule has 0 spiro atoms. The van der Waals surface area contributed by atoms with Crippen LogP contribution in [0.25, 0.3) is 34.2 Å². The van der Waals surface area contributed by atoms with Crippen LogP contribution in [0.1, 0.15) is 71.1 Å². The number of ether oxygens (including phenoxy) is 2. The lowest BCUT2D eigenvalue weighted by molar-refractivity contribution is 0.302. The highest BCUT2D eigenvalue weighted by Crippen LogP contribution is 2.33. The molecule has 0 unspecified atom stereocenters. The molecule has 4 aromatic rings. The fourth-order valence-corrected chi connectivity index (χ4v) is 4.65. The Hall–Kier alpha value is -3.73. The molecular formula is C34H41N3O2. The van der Waals surface area contributed by atoms with Crippen molar-refractivity contribution in [3.8, 4) is 45.7 Å². The highest BCUT2D eigenvalue weighted by atomic mass is 16.5. The van der Waals surface area contributed by atoms with Crippen LogP contribution in [0.15, 0.2) is 78.9 Å². The van der Waals surface area contributed by atoms with Crippen LogP contribution >= 0.6 is 0 Å². The molecule has 5 heteroatoms. The van der Waals surface area contributed by atoms with Crippen molar-refractivity contribution in [2.75, 3.05) is 13.7 Å². The first-order chi connectivity index (χ1) is 19.3. The van der Waals surface area contributed by atoms with Crippen LogP contribution in [-0.4, -0.2) is 28.7 Å². The molecule has 0 amide bonds. The fourth-order valence-electron chi connectivity index (χ4n) is 4.65. The lowest BCUT2D eigenvalue weighted by atomic mass is 10.1. The number of rotatable bonds is 16. The summed E-state index contributed by atoms with van der Waals surface area (Å²) in [6.07, 6.45) is 13.1. The van der Waals surface area contributed by atoms with E-state index >= 15 is 0 Å². The number of hydrogen-bond donors (Lipinski definition) is 0. The number of aromatic nitrogens is 3. The molecule has 4 rings (SSSR count). The third-order valence-electron chi connectivity index (χ3n) is 6.88. The molecule has 1 aromatic heterocycles. The van der Waals surface area contributed by atoms with Gasteiger partial charge >= 0.3 is 0 Å². The lowest BCUT2D eigenvalue weighted by Crippen LogP contribution is -2.02. The molecule has 0 aliphatic carbocycles. The maximum atomic E-state index is 6.06. The van der Waals surface area contributed by atoms with E-state index in [9.17, 15) is 0 Å². The highest BCUT2D eigenvalue weighted by Gasteiger charge is 2.16. The van der Waals surface area contributed by atoms with E-state index in [4.69, 9.17) is 24.4 Å². The second kappa shape index (κ2) is 15.6. The van der Waals surface area contributed by atoms with Crippen LogP contribution in [0.5, 0.6) is 11.5 Å². The average Bonchev–Trinajstić information content (AvgIpc) is 3.00. The van der Waals surface area contributed by atoms with Crippen molar-refractivity contribution in [3.05, 3.63) is 78.9 Å². The first-order valence-corrected chi connectivity index (χ1v) is 14.5. The predicted octanol–water partition coefficient (Wildman–Crippen LogP) is 9.18. The number of benzene rings is 3. The van der Waals surface area contributed by atoms with Gasteiger partial charge in [-0.3, -0.25) is 0 Å². The summed E-state index contributed by atoms with van der Waals surface area (Å²) < 4.78 is 11.8. The Morgan fingerprint density at radius 1 is 0.564 bits per heavy atom. The zero-order valence-corrected chi connectivity index (χ0v) is 23.4. The average molecular weight is 524 g/mol. The van der Waals surface area contributed by atoms with Gasteiger partial charge in [0.1, 0.15) is 11.5 Å². The second-order valence-corrected chi connectivity index (χ2v) is 9.93. The van der Waals surface area contributed by atoms with E-state index in [2.05, 4.69) is 6.92 Å². The van der Waals surface area contributed by atoms with E-state index in [1.165, 1.54) is 57.8 Å². The van der Waals surface area contributed by atoms with E-state index < -0.39 is 0 Å². The molecule has 5 nitrogen and oxygen atoms in total. The maximum Gasteiger partial charge on any atom is 0.167 e. The highest BCUT2D eigenvalue weighted by molar-refractivity contribution is 5.70. The summed E-state index contributed by atoms with van der Waals surface area (Å²) in [5, 5.41) is 0. The van der Waals surface area contributed by atoms with Gasteiger partial charge in [-0.15, -0.1) is 0 Å². The van der Waals surface area contributed by atoms with Gasteiger partial charge in [0.2, 0.25) is 0 Å². The van der Waals surface area contributed by atoms with Crippen LogP contribution in [0, 0.1) is 0 Å². The molecule has 0 atom stereocenters. The number of hydrogen-bond acceptors (Lipinski definition) is 5. The minimum atomic E-state index is 0.570. The Morgan fingerprint density at radius 2 is 1.08 bits per heavy atom. The van der Waals surface area contributed by atoms with Gasteiger partial charge in [-0.25, -0.2) is 15.0 Å². The zero-order valence-electron chi connectivity index (χ0n) is 23.4. The smallest absolute Gasteiger partial charge is 0.167 e. The van der Waals surface area contributed by atoms with Crippen molar-refractivity contribution in [3.63, 3.8) is 0 Å². The van der Waals surface area contributed by atoms with Crippen molar-refractivity contribution in [1.82, 2.24) is 15.0 Å². The van der Waals surface area contributed by atoms with E-state index in [0.717, 1.165) is 28.9 Å². The lowest BCUT2D eigenvalue weighted by Gasteiger charge is -2.13. The van der Waals surface area contributed by atoms with Crippen LogP contribution in [-0.2, 0) is 0 Å². The van der Waals surface area contributed by atoms with E-state index in [1.54, 1.807) is 7.11 Å². The molecule has 3 aromatic carbocycles. The van der Waals surface area contributed by atoms with Crippen molar-refractivity contribution in [2.24, 2.45) is 0 Å². The number of nitrogens with zero attached hydrogens (tertiary/aromatic N) is 3. The minimum Gasteiger partial charge on any atom is -0.496 e. The van der Waals surface area contributed by atoms with E-state index in [1.807, 2.05) is 78.9 Å². The molecule has 204 valence electrons. The van der Waals surface area contributed by atoms with Crippen LogP contribution in [0.4, 0.5) is 0 Å². The third-order valence-corrected chi connectivity index (χ3v) is 6.88. The van der Waals surface area contributed by atoms with Crippen LogP contribution in [0.3, 0.4) is 0 Å². The van der Waals surface area contributed by atoms with Gasteiger partial charge in [0.05, 0.1) is 19.3 Å². The zero-order chi connectivity index (χ0) is 27.1. The van der Waals surface area contributed by atoms with E-state index in [0.29, 0.717) is 29.8 Å². The van der Waals surface area contributed by atoms with E-state index in [-0.39, 0.29) is 0 Å². The quantitative estimate of drug-likeness (QED) is 0.137. The molecule has 39 heavy (non-hydrogen) atoms. The molecule has 0 saturated heterocycles. The summed E-state index contributed by atoms with van der Waals surface area (Å²) in [6, 6.07) is 25.8. The third kappa shape index (κ3) is 8.64. The number of methoxy groups -OCH3 is 1. The Labute approximate surface area is 233 Å². The summed E-state index contributed by atoms with van der Waals surface area (Å²) >= 11 is 0. The molecule has 0 fully saturated rings. The summed E-state index contributed by atoms with van der Waals surface area (Å²) in [7, 11) is 1.67. The molecule has 0 aliphatic rings. The number of unbranched alkanes of at least 4 members (excludes halogenated alkanes) is 9. The first kappa shape index (κ1) is 28.3. The predicted molar refractivity (Wildman–Crippen MR) is 160 cm³/mol. The maximum absolute atomic E-state index is 6.06. The normalized spacial score (nSPS) is 10.9. The standard InChI is InChI=1S/C34H41N3O2/c1-3-4-5-6-7-8-9-10-11-18-25-39-29-23-24-30(31(26-29)38-2)34-36-32(27-19-14-12-15-20-27)35-33(37-34)28-21-16-13-17-22-28/h12-17,19-24,26H,3-11,18,25H2,1-2H3.